The summed E-state index contributed by atoms with van der Waals surface area (Å²) in [6.45, 7) is 1.07. The summed E-state index contributed by atoms with van der Waals surface area (Å²) in [4.78, 5) is 12.4. The van der Waals surface area contributed by atoms with Gasteiger partial charge in [0, 0.05) is 23.4 Å². The fourth-order valence-electron chi connectivity index (χ4n) is 4.16. The van der Waals surface area contributed by atoms with Crippen LogP contribution in [0.15, 0.2) is 24.4 Å². The Morgan fingerprint density at radius 1 is 1.44 bits per heavy atom. The highest BCUT2D eigenvalue weighted by Crippen LogP contribution is 2.62. The molecule has 0 radical (unpaired) electrons. The molecular formula is C18H19ClN4O2. The molecule has 1 heterocycles. The summed E-state index contributed by atoms with van der Waals surface area (Å²) in [5.41, 5.74) is 2.33. The van der Waals surface area contributed by atoms with Crippen LogP contribution in [0.4, 0.5) is 0 Å². The minimum absolute atomic E-state index is 0.0736. The number of carbonyl (C=O) groups is 1. The van der Waals surface area contributed by atoms with Crippen LogP contribution in [-0.4, -0.2) is 32.6 Å². The van der Waals surface area contributed by atoms with Crippen molar-refractivity contribution in [3.63, 3.8) is 0 Å². The number of benzene rings is 1. The SMILES string of the molecule is O=C(NCCn1cc(C2(O)CC2)nn1)C1C2Cc3c(Cl)cccc3C21. The molecule has 3 unspecified atom stereocenters. The zero-order valence-electron chi connectivity index (χ0n) is 13.7. The van der Waals surface area contributed by atoms with Gasteiger partial charge >= 0.3 is 0 Å². The van der Waals surface area contributed by atoms with E-state index >= 15 is 0 Å². The second-order valence-corrected chi connectivity index (χ2v) is 7.82. The molecule has 3 aliphatic carbocycles. The van der Waals surface area contributed by atoms with Gasteiger partial charge in [-0.15, -0.1) is 5.10 Å². The van der Waals surface area contributed by atoms with Crippen molar-refractivity contribution >= 4 is 17.5 Å². The first-order valence-corrected chi connectivity index (χ1v) is 9.13. The monoisotopic (exact) mass is 358 g/mol. The zero-order chi connectivity index (χ0) is 17.2. The molecule has 0 bridgehead atoms. The maximum Gasteiger partial charge on any atom is 0.224 e. The molecule has 2 aromatic rings. The number of hydrogen-bond acceptors (Lipinski definition) is 4. The third kappa shape index (κ3) is 2.47. The number of aliphatic hydroxyl groups is 1. The first-order valence-electron chi connectivity index (χ1n) is 8.75. The highest BCUT2D eigenvalue weighted by Gasteiger charge is 2.59. The lowest BCUT2D eigenvalue weighted by molar-refractivity contribution is -0.122. The average molecular weight is 359 g/mol. The van der Waals surface area contributed by atoms with Gasteiger partial charge < -0.3 is 10.4 Å². The molecule has 2 N–H and O–H groups in total. The van der Waals surface area contributed by atoms with Crippen molar-refractivity contribution in [1.29, 1.82) is 0 Å². The van der Waals surface area contributed by atoms with Gasteiger partial charge in [-0.25, -0.2) is 0 Å². The topological polar surface area (TPSA) is 80.0 Å². The van der Waals surface area contributed by atoms with Gasteiger partial charge in [-0.3, -0.25) is 9.48 Å². The summed E-state index contributed by atoms with van der Waals surface area (Å²) in [6.07, 6.45) is 4.17. The van der Waals surface area contributed by atoms with E-state index in [4.69, 9.17) is 11.6 Å². The minimum atomic E-state index is -0.762. The van der Waals surface area contributed by atoms with Crippen LogP contribution < -0.4 is 5.32 Å². The molecule has 1 aromatic heterocycles. The van der Waals surface area contributed by atoms with E-state index in [1.807, 2.05) is 12.1 Å². The van der Waals surface area contributed by atoms with E-state index < -0.39 is 5.60 Å². The number of nitrogens with one attached hydrogen (secondary N) is 1. The number of carbonyl (C=O) groups excluding carboxylic acids is 1. The second kappa shape index (κ2) is 5.29. The first-order chi connectivity index (χ1) is 12.1. The van der Waals surface area contributed by atoms with Crippen LogP contribution in [-0.2, 0) is 23.4 Å². The second-order valence-electron chi connectivity index (χ2n) is 7.42. The Bertz CT molecular complexity index is 861. The van der Waals surface area contributed by atoms with E-state index in [1.165, 1.54) is 11.1 Å². The van der Waals surface area contributed by atoms with E-state index in [-0.39, 0.29) is 11.8 Å². The van der Waals surface area contributed by atoms with Crippen molar-refractivity contribution in [2.75, 3.05) is 6.54 Å². The Hall–Kier alpha value is -1.92. The molecule has 0 spiro atoms. The molecule has 130 valence electrons. The fourth-order valence-corrected chi connectivity index (χ4v) is 4.41. The lowest BCUT2D eigenvalue weighted by atomic mass is 10.0. The molecule has 0 saturated heterocycles. The summed E-state index contributed by atoms with van der Waals surface area (Å²) in [5.74, 6) is 0.916. The zero-order valence-corrected chi connectivity index (χ0v) is 14.4. The smallest absolute Gasteiger partial charge is 0.224 e. The maximum absolute atomic E-state index is 12.4. The van der Waals surface area contributed by atoms with Crippen LogP contribution in [0.25, 0.3) is 0 Å². The standard InChI is InChI=1S/C18H19ClN4O2/c19-13-3-1-2-10-11(13)8-12-15(10)16(12)17(24)20-6-7-23-9-14(21-22-23)18(25)4-5-18/h1-3,9,12,15-16,25H,4-8H2,(H,20,24). The van der Waals surface area contributed by atoms with Crippen LogP contribution in [0.1, 0.15) is 35.6 Å². The Balaban J connectivity index is 1.16. The molecule has 6 nitrogen and oxygen atoms in total. The van der Waals surface area contributed by atoms with Crippen LogP contribution in [0, 0.1) is 11.8 Å². The van der Waals surface area contributed by atoms with Crippen LogP contribution >= 0.6 is 11.6 Å². The summed E-state index contributed by atoms with van der Waals surface area (Å²) < 4.78 is 1.68. The van der Waals surface area contributed by atoms with Gasteiger partial charge in [0.1, 0.15) is 11.3 Å². The molecule has 0 aliphatic heterocycles. The largest absolute Gasteiger partial charge is 0.383 e. The number of hydrogen-bond donors (Lipinski definition) is 2. The summed E-state index contributed by atoms with van der Waals surface area (Å²) in [7, 11) is 0. The maximum atomic E-state index is 12.4. The van der Waals surface area contributed by atoms with Gasteiger partial charge in [-0.2, -0.15) is 0 Å². The Kier molecular flexibility index (Phi) is 3.24. The number of amides is 1. The highest BCUT2D eigenvalue weighted by atomic mass is 35.5. The molecule has 1 amide bonds. The van der Waals surface area contributed by atoms with Gasteiger partial charge in [0.25, 0.3) is 0 Å². The van der Waals surface area contributed by atoms with Crippen LogP contribution in [0.3, 0.4) is 0 Å². The highest BCUT2D eigenvalue weighted by molar-refractivity contribution is 6.31. The van der Waals surface area contributed by atoms with Gasteiger partial charge in [0.2, 0.25) is 5.91 Å². The van der Waals surface area contributed by atoms with Gasteiger partial charge in [-0.1, -0.05) is 28.9 Å². The predicted octanol–water partition coefficient (Wildman–Crippen LogP) is 1.61. The number of nitrogens with zero attached hydrogens (tertiary/aromatic N) is 3. The first kappa shape index (κ1) is 15.3. The van der Waals surface area contributed by atoms with Crippen molar-refractivity contribution in [2.45, 2.75) is 37.3 Å². The van der Waals surface area contributed by atoms with Gasteiger partial charge in [-0.05, 0) is 42.4 Å². The van der Waals surface area contributed by atoms with E-state index in [1.54, 1.807) is 10.9 Å². The molecular weight excluding hydrogens is 340 g/mol. The fraction of sp³-hybridized carbons (Fsp3) is 0.500. The summed E-state index contributed by atoms with van der Waals surface area (Å²) in [5, 5.41) is 21.9. The minimum Gasteiger partial charge on any atom is -0.383 e. The normalized spacial score (nSPS) is 27.5. The molecule has 25 heavy (non-hydrogen) atoms. The Labute approximate surface area is 150 Å². The molecule has 7 heteroatoms. The van der Waals surface area contributed by atoms with E-state index in [0.717, 1.165) is 24.3 Å². The van der Waals surface area contributed by atoms with Gasteiger partial charge in [0.05, 0.1) is 12.7 Å². The molecule has 1 aromatic carbocycles. The molecule has 3 aliphatic rings. The van der Waals surface area contributed by atoms with Gasteiger partial charge in [0.15, 0.2) is 0 Å². The Morgan fingerprint density at radius 3 is 3.08 bits per heavy atom. The van der Waals surface area contributed by atoms with Crippen molar-refractivity contribution in [3.8, 4) is 0 Å². The summed E-state index contributed by atoms with van der Waals surface area (Å²) >= 11 is 6.24. The molecule has 3 atom stereocenters. The van der Waals surface area contributed by atoms with E-state index in [9.17, 15) is 9.90 Å². The number of fused-ring (bicyclic) bond motifs is 3. The van der Waals surface area contributed by atoms with Crippen molar-refractivity contribution < 1.29 is 9.90 Å². The Morgan fingerprint density at radius 2 is 2.28 bits per heavy atom. The lowest BCUT2D eigenvalue weighted by Gasteiger charge is -2.10. The predicted molar refractivity (Wildman–Crippen MR) is 91.0 cm³/mol. The van der Waals surface area contributed by atoms with Crippen molar-refractivity contribution in [1.82, 2.24) is 20.3 Å². The van der Waals surface area contributed by atoms with Crippen LogP contribution in [0.2, 0.25) is 5.02 Å². The van der Waals surface area contributed by atoms with Crippen molar-refractivity contribution in [2.24, 2.45) is 11.8 Å². The third-order valence-corrected chi connectivity index (χ3v) is 6.16. The van der Waals surface area contributed by atoms with E-state index in [2.05, 4.69) is 21.7 Å². The number of aromatic nitrogens is 3. The third-order valence-electron chi connectivity index (χ3n) is 5.80. The quantitative estimate of drug-likeness (QED) is 0.851. The molecule has 2 fully saturated rings. The van der Waals surface area contributed by atoms with Crippen molar-refractivity contribution in [3.05, 3.63) is 46.2 Å². The van der Waals surface area contributed by atoms with E-state index in [0.29, 0.717) is 30.6 Å². The summed E-state index contributed by atoms with van der Waals surface area (Å²) in [6, 6.07) is 5.98. The molecule has 2 saturated carbocycles. The lowest BCUT2D eigenvalue weighted by Crippen LogP contribution is -2.30. The number of rotatable bonds is 5. The van der Waals surface area contributed by atoms with Crippen LogP contribution in [0.5, 0.6) is 0 Å². The molecule has 5 rings (SSSR count). The number of halogens is 1. The average Bonchev–Trinajstić information content (AvgIpc) is 3.39.